The first-order chi connectivity index (χ1) is 15.9. The second kappa shape index (κ2) is 12.5. The number of nitrogens with zero attached hydrogens (tertiary/aromatic N) is 5. The predicted molar refractivity (Wildman–Crippen MR) is 126 cm³/mol. The summed E-state index contributed by atoms with van der Waals surface area (Å²) in [5, 5.41) is 10.0. The van der Waals surface area contributed by atoms with Crippen LogP contribution in [-0.2, 0) is 11.3 Å². The molecule has 186 valence electrons. The molecule has 2 aliphatic heterocycles. The number of likely N-dealkylation sites (tertiary alicyclic amines) is 1. The van der Waals surface area contributed by atoms with Crippen LogP contribution >= 0.6 is 0 Å². The summed E-state index contributed by atoms with van der Waals surface area (Å²) >= 11 is 0. The summed E-state index contributed by atoms with van der Waals surface area (Å²) < 4.78 is 5.62. The Morgan fingerprint density at radius 2 is 1.85 bits per heavy atom. The van der Waals surface area contributed by atoms with E-state index >= 15 is 0 Å². The Morgan fingerprint density at radius 1 is 1.15 bits per heavy atom. The monoisotopic (exact) mass is 463 g/mol. The van der Waals surface area contributed by atoms with Crippen LogP contribution in [0.4, 0.5) is 0 Å². The molecule has 3 rings (SSSR count). The SMILES string of the molecule is CCCC(O)CN1CCN(Cc2nc(C(=O)N3CCCC(C(=O)N(CC)CC)C3)co2)CC1. The molecule has 0 aromatic carbocycles. The molecule has 2 fully saturated rings. The molecule has 0 bridgehead atoms. The van der Waals surface area contributed by atoms with Gasteiger partial charge in [0, 0.05) is 58.9 Å². The number of piperidine rings is 1. The first-order valence-corrected chi connectivity index (χ1v) is 12.6. The van der Waals surface area contributed by atoms with Gasteiger partial charge < -0.3 is 19.3 Å². The summed E-state index contributed by atoms with van der Waals surface area (Å²) in [4.78, 5) is 38.4. The van der Waals surface area contributed by atoms with E-state index in [1.54, 1.807) is 4.90 Å². The van der Waals surface area contributed by atoms with Gasteiger partial charge in [0.15, 0.2) is 5.69 Å². The number of aliphatic hydroxyl groups excluding tert-OH is 1. The van der Waals surface area contributed by atoms with Gasteiger partial charge >= 0.3 is 0 Å². The van der Waals surface area contributed by atoms with Crippen molar-refractivity contribution in [1.82, 2.24) is 24.6 Å². The van der Waals surface area contributed by atoms with Gasteiger partial charge in [0.2, 0.25) is 11.8 Å². The molecule has 0 aliphatic carbocycles. The summed E-state index contributed by atoms with van der Waals surface area (Å²) in [5.41, 5.74) is 0.322. The molecule has 0 spiro atoms. The molecule has 3 heterocycles. The van der Waals surface area contributed by atoms with Crippen LogP contribution in [0.15, 0.2) is 10.7 Å². The Bertz CT molecular complexity index is 758. The highest BCUT2D eigenvalue weighted by Gasteiger charge is 2.32. The van der Waals surface area contributed by atoms with E-state index in [4.69, 9.17) is 4.42 Å². The van der Waals surface area contributed by atoms with Crippen LogP contribution in [0.25, 0.3) is 0 Å². The summed E-state index contributed by atoms with van der Waals surface area (Å²) in [6.07, 6.45) is 4.69. The van der Waals surface area contributed by atoms with Gasteiger partial charge in [0.25, 0.3) is 5.91 Å². The van der Waals surface area contributed by atoms with Gasteiger partial charge in [-0.05, 0) is 33.1 Å². The maximum atomic E-state index is 13.0. The van der Waals surface area contributed by atoms with E-state index in [0.29, 0.717) is 44.3 Å². The third-order valence-corrected chi connectivity index (χ3v) is 6.82. The Morgan fingerprint density at radius 3 is 2.52 bits per heavy atom. The first kappa shape index (κ1) is 25.6. The smallest absolute Gasteiger partial charge is 0.275 e. The normalized spacial score (nSPS) is 21.2. The standard InChI is InChI=1S/C24H41N5O4/c1-4-8-20(30)16-26-11-13-27(14-12-26)17-22-25-21(18-33-22)24(32)29-10-7-9-19(15-29)23(31)28(5-2)6-3/h18-20,30H,4-17H2,1-3H3. The van der Waals surface area contributed by atoms with Crippen LogP contribution < -0.4 is 0 Å². The van der Waals surface area contributed by atoms with E-state index < -0.39 is 0 Å². The largest absolute Gasteiger partial charge is 0.447 e. The Kier molecular flexibility index (Phi) is 9.70. The molecule has 0 radical (unpaired) electrons. The molecule has 1 aromatic rings. The molecule has 2 amide bonds. The van der Waals surface area contributed by atoms with Gasteiger partial charge in [0.1, 0.15) is 6.26 Å². The van der Waals surface area contributed by atoms with Crippen LogP contribution in [0.2, 0.25) is 0 Å². The number of β-amino-alcohol motifs (C(OH)–C–C–N with tert-alkyl or cyclic N) is 1. The van der Waals surface area contributed by atoms with Gasteiger partial charge in [-0.15, -0.1) is 0 Å². The van der Waals surface area contributed by atoms with Crippen molar-refractivity contribution in [3.05, 3.63) is 17.8 Å². The highest BCUT2D eigenvalue weighted by atomic mass is 16.3. The average molecular weight is 464 g/mol. The molecule has 2 saturated heterocycles. The van der Waals surface area contributed by atoms with Crippen LogP contribution in [0.5, 0.6) is 0 Å². The number of amides is 2. The van der Waals surface area contributed by atoms with Crippen molar-refractivity contribution in [2.45, 2.75) is 59.1 Å². The molecule has 33 heavy (non-hydrogen) atoms. The van der Waals surface area contributed by atoms with Crippen molar-refractivity contribution >= 4 is 11.8 Å². The summed E-state index contributed by atoms with van der Waals surface area (Å²) in [7, 11) is 0. The van der Waals surface area contributed by atoms with Gasteiger partial charge in [-0.3, -0.25) is 19.4 Å². The Hall–Kier alpha value is -1.97. The maximum absolute atomic E-state index is 13.0. The number of aromatic nitrogens is 1. The van der Waals surface area contributed by atoms with Crippen molar-refractivity contribution in [3.63, 3.8) is 0 Å². The molecule has 1 N–H and O–H groups in total. The van der Waals surface area contributed by atoms with Crippen molar-refractivity contribution < 1.29 is 19.1 Å². The number of rotatable bonds is 10. The number of oxazole rings is 1. The van der Waals surface area contributed by atoms with Crippen LogP contribution in [0.1, 0.15) is 62.8 Å². The van der Waals surface area contributed by atoms with Crippen molar-refractivity contribution in [1.29, 1.82) is 0 Å². The molecule has 1 aromatic heterocycles. The maximum Gasteiger partial charge on any atom is 0.275 e. The zero-order valence-electron chi connectivity index (χ0n) is 20.5. The number of hydrogen-bond acceptors (Lipinski definition) is 7. The minimum Gasteiger partial charge on any atom is -0.447 e. The fourth-order valence-corrected chi connectivity index (χ4v) is 4.84. The minimum atomic E-state index is -0.251. The molecule has 2 unspecified atom stereocenters. The molecule has 9 nitrogen and oxygen atoms in total. The molecule has 2 aliphatic rings. The zero-order chi connectivity index (χ0) is 23.8. The quantitative estimate of drug-likeness (QED) is 0.564. The topological polar surface area (TPSA) is 93.4 Å². The molecular weight excluding hydrogens is 422 g/mol. The fourth-order valence-electron chi connectivity index (χ4n) is 4.84. The van der Waals surface area contributed by atoms with Crippen molar-refractivity contribution in [2.75, 3.05) is 58.9 Å². The van der Waals surface area contributed by atoms with E-state index in [9.17, 15) is 14.7 Å². The Balaban J connectivity index is 1.49. The summed E-state index contributed by atoms with van der Waals surface area (Å²) in [6, 6.07) is 0. The van der Waals surface area contributed by atoms with Crippen molar-refractivity contribution in [2.24, 2.45) is 5.92 Å². The molecule has 0 saturated carbocycles. The lowest BCUT2D eigenvalue weighted by molar-refractivity contribution is -0.136. The van der Waals surface area contributed by atoms with Crippen LogP contribution in [0.3, 0.4) is 0 Å². The van der Waals surface area contributed by atoms with Gasteiger partial charge in [-0.2, -0.15) is 0 Å². The lowest BCUT2D eigenvalue weighted by Gasteiger charge is -2.35. The molecular formula is C24H41N5O4. The van der Waals surface area contributed by atoms with Gasteiger partial charge in [-0.25, -0.2) is 4.98 Å². The van der Waals surface area contributed by atoms with E-state index in [0.717, 1.165) is 58.4 Å². The van der Waals surface area contributed by atoms with Crippen LogP contribution in [-0.4, -0.2) is 107 Å². The number of aliphatic hydroxyl groups is 1. The minimum absolute atomic E-state index is 0.138. The summed E-state index contributed by atoms with van der Waals surface area (Å²) in [6.45, 7) is 13.4. The lowest BCUT2D eigenvalue weighted by atomic mass is 9.96. The van der Waals surface area contributed by atoms with Gasteiger partial charge in [0.05, 0.1) is 18.6 Å². The Labute approximate surface area is 197 Å². The van der Waals surface area contributed by atoms with E-state index in [2.05, 4.69) is 21.7 Å². The zero-order valence-corrected chi connectivity index (χ0v) is 20.5. The molecule has 9 heteroatoms. The van der Waals surface area contributed by atoms with Gasteiger partial charge in [-0.1, -0.05) is 13.3 Å². The second-order valence-electron chi connectivity index (χ2n) is 9.25. The van der Waals surface area contributed by atoms with Crippen molar-refractivity contribution in [3.8, 4) is 0 Å². The average Bonchev–Trinajstić information content (AvgIpc) is 3.29. The number of piperazine rings is 1. The molecule has 2 atom stereocenters. The van der Waals surface area contributed by atoms with E-state index in [-0.39, 0.29) is 23.8 Å². The fraction of sp³-hybridized carbons (Fsp3) is 0.792. The number of carbonyl (C=O) groups excluding carboxylic acids is 2. The van der Waals surface area contributed by atoms with Crippen LogP contribution in [0, 0.1) is 5.92 Å². The lowest BCUT2D eigenvalue weighted by Crippen LogP contribution is -2.48. The predicted octanol–water partition coefficient (Wildman–Crippen LogP) is 1.67. The third kappa shape index (κ3) is 7.01. The second-order valence-corrected chi connectivity index (χ2v) is 9.25. The highest BCUT2D eigenvalue weighted by Crippen LogP contribution is 2.21. The number of hydrogen-bond donors (Lipinski definition) is 1. The highest BCUT2D eigenvalue weighted by molar-refractivity contribution is 5.92. The van der Waals surface area contributed by atoms with E-state index in [1.165, 1.54) is 6.26 Å². The summed E-state index contributed by atoms with van der Waals surface area (Å²) in [5.74, 6) is 0.392. The van der Waals surface area contributed by atoms with E-state index in [1.807, 2.05) is 18.7 Å². The first-order valence-electron chi connectivity index (χ1n) is 12.6. The third-order valence-electron chi connectivity index (χ3n) is 6.82. The number of carbonyl (C=O) groups is 2.